The maximum atomic E-state index is 13.1. The molecule has 1 fully saturated rings. The number of amides is 2. The van der Waals surface area contributed by atoms with Gasteiger partial charge >= 0.3 is 0 Å². The zero-order chi connectivity index (χ0) is 39.7. The highest BCUT2D eigenvalue weighted by atomic mass is 32.2. The first-order chi connectivity index (χ1) is 26.2. The lowest BCUT2D eigenvalue weighted by molar-refractivity contribution is -0.173. The van der Waals surface area contributed by atoms with E-state index in [1.807, 2.05) is 0 Å². The van der Waals surface area contributed by atoms with Gasteiger partial charge in [0.15, 0.2) is 0 Å². The van der Waals surface area contributed by atoms with E-state index in [0.29, 0.717) is 19.6 Å². The average molecular weight is 787 g/mol. The number of hydrogen-bond acceptors (Lipinski definition) is 9. The highest BCUT2D eigenvalue weighted by Crippen LogP contribution is 2.29. The van der Waals surface area contributed by atoms with Gasteiger partial charge in [0.05, 0.1) is 31.4 Å². The first-order valence-electron chi connectivity index (χ1n) is 22.0. The monoisotopic (exact) mass is 787 g/mol. The van der Waals surface area contributed by atoms with Crippen LogP contribution in [0.2, 0.25) is 0 Å². The van der Waals surface area contributed by atoms with E-state index in [4.69, 9.17) is 9.47 Å². The molecular formula is C43H82N2O8S. The minimum atomic E-state index is -1.38. The number of nitrogens with one attached hydrogen (secondary N) is 2. The van der Waals surface area contributed by atoms with Crippen molar-refractivity contribution >= 4 is 23.6 Å². The SMILES string of the molecule is CCCCCCCCCCCCCCCCCC(=O)N[C@@H](CS[C@H]1O[C@H](CO)[C@H](O)[C@H](O)[C@H]1NC(C)=O)[C@H](O)/C=C/COCCCCCCCCCCC. The van der Waals surface area contributed by atoms with E-state index in [2.05, 4.69) is 24.5 Å². The number of thioether (sulfide) groups is 1. The molecule has 6 N–H and O–H groups in total. The first-order valence-corrected chi connectivity index (χ1v) is 23.0. The smallest absolute Gasteiger partial charge is 0.220 e. The van der Waals surface area contributed by atoms with Crippen molar-refractivity contribution in [2.45, 2.75) is 223 Å². The Labute approximate surface area is 333 Å². The van der Waals surface area contributed by atoms with Gasteiger partial charge in [0.1, 0.15) is 23.7 Å². The number of rotatable bonds is 36. The van der Waals surface area contributed by atoms with Gasteiger partial charge in [-0.25, -0.2) is 0 Å². The third-order valence-corrected chi connectivity index (χ3v) is 11.7. The van der Waals surface area contributed by atoms with Crippen molar-refractivity contribution in [2.75, 3.05) is 25.6 Å². The number of ether oxygens (including phenoxy) is 2. The van der Waals surface area contributed by atoms with Gasteiger partial charge in [0, 0.05) is 25.7 Å². The normalized spacial score (nSPS) is 21.4. The molecule has 1 aliphatic rings. The van der Waals surface area contributed by atoms with Gasteiger partial charge in [-0.2, -0.15) is 0 Å². The Bertz CT molecular complexity index is 928. The van der Waals surface area contributed by atoms with E-state index in [0.717, 1.165) is 32.1 Å². The van der Waals surface area contributed by atoms with Crippen molar-refractivity contribution in [3.8, 4) is 0 Å². The van der Waals surface area contributed by atoms with Crippen molar-refractivity contribution < 1.29 is 39.5 Å². The molecule has 0 saturated carbocycles. The van der Waals surface area contributed by atoms with Crippen LogP contribution < -0.4 is 10.6 Å². The summed E-state index contributed by atoms with van der Waals surface area (Å²) in [5.41, 5.74) is -0.824. The summed E-state index contributed by atoms with van der Waals surface area (Å²) in [6.45, 7) is 6.32. The molecule has 54 heavy (non-hydrogen) atoms. The summed E-state index contributed by atoms with van der Waals surface area (Å²) in [6, 6.07) is -1.62. The molecule has 1 aliphatic heterocycles. The van der Waals surface area contributed by atoms with E-state index < -0.39 is 54.4 Å². The lowest BCUT2D eigenvalue weighted by Crippen LogP contribution is -2.63. The molecule has 1 heterocycles. The van der Waals surface area contributed by atoms with Crippen molar-refractivity contribution in [1.29, 1.82) is 0 Å². The van der Waals surface area contributed by atoms with E-state index in [-0.39, 0.29) is 11.7 Å². The zero-order valence-electron chi connectivity index (χ0n) is 34.5. The van der Waals surface area contributed by atoms with E-state index in [9.17, 15) is 30.0 Å². The van der Waals surface area contributed by atoms with Crippen molar-refractivity contribution in [3.05, 3.63) is 12.2 Å². The quantitative estimate of drug-likeness (QED) is 0.0275. The summed E-state index contributed by atoms with van der Waals surface area (Å²) >= 11 is 1.20. The Morgan fingerprint density at radius 3 is 1.70 bits per heavy atom. The Kier molecular flexibility index (Phi) is 32.9. The van der Waals surface area contributed by atoms with Crippen molar-refractivity contribution in [3.63, 3.8) is 0 Å². The van der Waals surface area contributed by atoms with Gasteiger partial charge in [-0.1, -0.05) is 167 Å². The number of hydrogen-bond donors (Lipinski definition) is 6. The lowest BCUT2D eigenvalue weighted by atomic mass is 9.98. The molecule has 318 valence electrons. The summed E-state index contributed by atoms with van der Waals surface area (Å²) in [6.07, 6.45) is 29.0. The largest absolute Gasteiger partial charge is 0.394 e. The van der Waals surface area contributed by atoms with E-state index >= 15 is 0 Å². The van der Waals surface area contributed by atoms with Crippen LogP contribution in [-0.2, 0) is 19.1 Å². The van der Waals surface area contributed by atoms with Gasteiger partial charge < -0.3 is 40.5 Å². The molecule has 1 saturated heterocycles. The van der Waals surface area contributed by atoms with Crippen LogP contribution in [0.25, 0.3) is 0 Å². The Hall–Kier alpha value is -1.21. The van der Waals surface area contributed by atoms with Crippen LogP contribution >= 0.6 is 11.8 Å². The fourth-order valence-electron chi connectivity index (χ4n) is 6.97. The first kappa shape index (κ1) is 50.8. The number of aliphatic hydroxyl groups is 4. The highest BCUT2D eigenvalue weighted by Gasteiger charge is 2.45. The van der Waals surface area contributed by atoms with Crippen LogP contribution in [0, 0.1) is 0 Å². The minimum absolute atomic E-state index is 0.143. The molecule has 0 aliphatic carbocycles. The Morgan fingerprint density at radius 2 is 1.22 bits per heavy atom. The van der Waals surface area contributed by atoms with E-state index in [1.54, 1.807) is 12.2 Å². The standard InChI is InChI=1S/C43H82N2O8S/c1-4-6-8-10-12-14-15-16-17-18-19-20-22-24-26-30-39(49)45-36(34-54-43-40(44-35(3)47)42(51)41(50)38(33-46)53-43)37(48)29-28-32-52-31-27-25-23-21-13-11-9-7-5-2/h28-29,36-38,40-43,46,48,50-51H,4-27,30-34H2,1-3H3,(H,44,47)(H,45,49)/b29-28+/t36-,37+,38+,40+,41-,42+,43+/m0/s1. The van der Waals surface area contributed by atoms with Crippen LogP contribution in [-0.4, -0.2) is 99.7 Å². The predicted octanol–water partition coefficient (Wildman–Crippen LogP) is 7.87. The predicted molar refractivity (Wildman–Crippen MR) is 222 cm³/mol. The fourth-order valence-corrected chi connectivity index (χ4v) is 8.30. The minimum Gasteiger partial charge on any atom is -0.394 e. The number of carbonyl (C=O) groups excluding carboxylic acids is 2. The second kappa shape index (κ2) is 35.0. The van der Waals surface area contributed by atoms with Crippen LogP contribution in [0.5, 0.6) is 0 Å². The van der Waals surface area contributed by atoms with Crippen molar-refractivity contribution in [2.24, 2.45) is 0 Å². The highest BCUT2D eigenvalue weighted by molar-refractivity contribution is 7.99. The van der Waals surface area contributed by atoms with Gasteiger partial charge in [0.2, 0.25) is 11.8 Å². The molecule has 1 rings (SSSR count). The second-order valence-electron chi connectivity index (χ2n) is 15.5. The maximum absolute atomic E-state index is 13.1. The van der Waals surface area contributed by atoms with Gasteiger partial charge in [0.25, 0.3) is 0 Å². The van der Waals surface area contributed by atoms with Gasteiger partial charge in [-0.3, -0.25) is 9.59 Å². The van der Waals surface area contributed by atoms with Crippen LogP contribution in [0.3, 0.4) is 0 Å². The summed E-state index contributed by atoms with van der Waals surface area (Å²) in [5, 5.41) is 47.6. The maximum Gasteiger partial charge on any atom is 0.220 e. The zero-order valence-corrected chi connectivity index (χ0v) is 35.3. The molecule has 0 bridgehead atoms. The lowest BCUT2D eigenvalue weighted by Gasteiger charge is -2.42. The topological polar surface area (TPSA) is 158 Å². The number of unbranched alkanes of at least 4 members (excludes halogenated alkanes) is 22. The summed E-state index contributed by atoms with van der Waals surface area (Å²) in [5.74, 6) is -0.338. The number of aliphatic hydroxyl groups excluding tert-OH is 4. The molecule has 0 unspecified atom stereocenters. The summed E-state index contributed by atoms with van der Waals surface area (Å²) in [7, 11) is 0. The molecule has 0 radical (unpaired) electrons. The molecule has 0 aromatic rings. The van der Waals surface area contributed by atoms with Gasteiger partial charge in [-0.15, -0.1) is 11.8 Å². The summed E-state index contributed by atoms with van der Waals surface area (Å²) < 4.78 is 11.6. The van der Waals surface area contributed by atoms with Crippen LogP contribution in [0.4, 0.5) is 0 Å². The number of carbonyl (C=O) groups is 2. The molecule has 0 aromatic carbocycles. The van der Waals surface area contributed by atoms with Crippen LogP contribution in [0.15, 0.2) is 12.2 Å². The van der Waals surface area contributed by atoms with Gasteiger partial charge in [-0.05, 0) is 12.8 Å². The Balaban J connectivity index is 2.53. The molecule has 10 nitrogen and oxygen atoms in total. The van der Waals surface area contributed by atoms with Crippen LogP contribution in [0.1, 0.15) is 181 Å². The molecule has 11 heteroatoms. The molecule has 2 amide bonds. The molecular weight excluding hydrogens is 705 g/mol. The average Bonchev–Trinajstić information content (AvgIpc) is 3.15. The molecule has 0 spiro atoms. The van der Waals surface area contributed by atoms with E-state index in [1.165, 1.54) is 141 Å². The Morgan fingerprint density at radius 1 is 0.741 bits per heavy atom. The molecule has 0 aromatic heterocycles. The second-order valence-corrected chi connectivity index (χ2v) is 16.6. The molecule has 7 atom stereocenters. The fraction of sp³-hybridized carbons (Fsp3) is 0.907. The summed E-state index contributed by atoms with van der Waals surface area (Å²) in [4.78, 5) is 25.0. The third kappa shape index (κ3) is 25.9. The van der Waals surface area contributed by atoms with Crippen molar-refractivity contribution in [1.82, 2.24) is 10.6 Å². The third-order valence-electron chi connectivity index (χ3n) is 10.4.